The smallest absolute Gasteiger partial charge is 0.159 e. The molecule has 18 aromatic rings. The fourth-order valence-electron chi connectivity index (χ4n) is 15.9. The summed E-state index contributed by atoms with van der Waals surface area (Å²) in [4.78, 5) is 5.02. The fourth-order valence-corrected chi connectivity index (χ4v) is 15.9. The molecule has 4 heteroatoms. The van der Waals surface area contributed by atoms with Crippen molar-refractivity contribution >= 4 is 99.5 Å². The average Bonchev–Trinajstić information content (AvgIpc) is 1.44. The summed E-state index contributed by atoms with van der Waals surface area (Å²) in [6, 6.07) is 133. The molecule has 97 heavy (non-hydrogen) atoms. The number of nitrogens with zero attached hydrogens (tertiary/aromatic N) is 2. The maximum absolute atomic E-state index is 7.19. The van der Waals surface area contributed by atoms with Crippen LogP contribution in [0.15, 0.2) is 373 Å². The first-order valence-electron chi connectivity index (χ1n) is 33.3. The number of benzene rings is 16. The summed E-state index contributed by atoms with van der Waals surface area (Å²) in [5.41, 5.74) is 24.2. The van der Waals surface area contributed by atoms with Crippen LogP contribution in [0.25, 0.3) is 121 Å². The second-order valence-electron chi connectivity index (χ2n) is 25.3. The molecule has 0 bridgehead atoms. The number of hydrogen-bond donors (Lipinski definition) is 0. The van der Waals surface area contributed by atoms with Crippen molar-refractivity contribution in [3.8, 4) is 55.6 Å². The molecular formula is C93H60N2O2. The Labute approximate surface area is 562 Å². The lowest BCUT2D eigenvalue weighted by molar-refractivity contribution is 0.669. The molecule has 4 nitrogen and oxygen atoms in total. The summed E-state index contributed by atoms with van der Waals surface area (Å²) in [5, 5.41) is 8.71. The van der Waals surface area contributed by atoms with E-state index in [2.05, 4.69) is 374 Å². The Morgan fingerprint density at radius 3 is 0.918 bits per heavy atom. The van der Waals surface area contributed by atoms with Gasteiger partial charge in [0.25, 0.3) is 0 Å². The number of anilines is 6. The highest BCUT2D eigenvalue weighted by Crippen LogP contribution is 2.64. The number of hydrogen-bond acceptors (Lipinski definition) is 4. The minimum Gasteiger partial charge on any atom is -0.454 e. The summed E-state index contributed by atoms with van der Waals surface area (Å²) >= 11 is 0. The first-order chi connectivity index (χ1) is 48.2. The van der Waals surface area contributed by atoms with E-state index in [4.69, 9.17) is 8.83 Å². The monoisotopic (exact) mass is 1240 g/mol. The van der Waals surface area contributed by atoms with Crippen LogP contribution >= 0.6 is 0 Å². The van der Waals surface area contributed by atoms with E-state index in [-0.39, 0.29) is 0 Å². The molecule has 2 heterocycles. The van der Waals surface area contributed by atoms with Gasteiger partial charge in [0.2, 0.25) is 0 Å². The molecule has 0 saturated heterocycles. The minimum atomic E-state index is -0.933. The van der Waals surface area contributed by atoms with Gasteiger partial charge in [-0.05, 0) is 138 Å². The second-order valence-corrected chi connectivity index (χ2v) is 25.3. The van der Waals surface area contributed by atoms with Crippen molar-refractivity contribution in [2.75, 3.05) is 9.80 Å². The maximum atomic E-state index is 7.19. The van der Waals surface area contributed by atoms with E-state index in [0.29, 0.717) is 0 Å². The maximum Gasteiger partial charge on any atom is 0.159 e. The number of rotatable bonds is 12. The standard InChI is InChI=1S/C93H60N2O2/c1-7-29-61(30-8-1)65-53-55-81(77(57-65)63-33-11-3-12-34-63)94(83-49-27-47-75-71-43-23-25-51-87(71)96-91(75)83)85-59-79-89(73-45-21-19-41-69(73)85)90-74-46-22-20-42-70(74)86(60-80(90)93(79,67-37-15-5-16-38-67)68-39-17-6-18-40-68)95(84-50-28-48-76-72-44-24-26-52-88(72)97-92(76)84)82-56-54-66(62-31-9-2-10-32-62)58-78(82)64-35-13-4-14-36-64/h1-60H. The average molecular weight is 1240 g/mol. The molecule has 454 valence electrons. The molecule has 0 amide bonds. The molecule has 1 aliphatic rings. The van der Waals surface area contributed by atoms with Gasteiger partial charge >= 0.3 is 0 Å². The van der Waals surface area contributed by atoms with Crippen LogP contribution in [-0.4, -0.2) is 0 Å². The lowest BCUT2D eigenvalue weighted by Crippen LogP contribution is -2.29. The molecule has 0 radical (unpaired) electrons. The largest absolute Gasteiger partial charge is 0.454 e. The van der Waals surface area contributed by atoms with Gasteiger partial charge in [0.1, 0.15) is 11.2 Å². The topological polar surface area (TPSA) is 32.8 Å². The van der Waals surface area contributed by atoms with Gasteiger partial charge in [0.05, 0.1) is 39.5 Å². The molecule has 0 fully saturated rings. The molecule has 2 aromatic heterocycles. The van der Waals surface area contributed by atoms with Gasteiger partial charge in [-0.2, -0.15) is 0 Å². The number of fused-ring (bicyclic) bond motifs is 13. The second kappa shape index (κ2) is 22.8. The predicted molar refractivity (Wildman–Crippen MR) is 404 cm³/mol. The SMILES string of the molecule is c1ccc(-c2ccc(N(c3cc4c(c5ccccc35)-c3c(cc(N(c5ccc(-c6ccccc6)cc5-c5ccccc5)c5cccc6c5oc5ccccc56)c5ccccc35)C4(c3ccccc3)c3ccccc3)c3cccc4c3oc3ccccc34)c(-c3ccccc3)c2)cc1. The molecule has 0 saturated carbocycles. The first kappa shape index (κ1) is 55.8. The van der Waals surface area contributed by atoms with Gasteiger partial charge < -0.3 is 18.6 Å². The Hall–Kier alpha value is -12.8. The minimum absolute atomic E-state index is 0.807. The molecular weight excluding hydrogens is 1180 g/mol. The van der Waals surface area contributed by atoms with Crippen molar-refractivity contribution in [3.63, 3.8) is 0 Å². The Morgan fingerprint density at radius 1 is 0.206 bits per heavy atom. The first-order valence-corrected chi connectivity index (χ1v) is 33.3. The van der Waals surface area contributed by atoms with Crippen LogP contribution in [0.3, 0.4) is 0 Å². The highest BCUT2D eigenvalue weighted by molar-refractivity contribution is 6.21. The van der Waals surface area contributed by atoms with E-state index < -0.39 is 5.41 Å². The third-order valence-corrected chi connectivity index (χ3v) is 20.1. The highest BCUT2D eigenvalue weighted by atomic mass is 16.3. The van der Waals surface area contributed by atoms with Crippen molar-refractivity contribution in [2.45, 2.75) is 5.41 Å². The fraction of sp³-hybridized carbons (Fsp3) is 0.0108. The number of para-hydroxylation sites is 4. The van der Waals surface area contributed by atoms with Crippen LogP contribution in [0.1, 0.15) is 22.3 Å². The van der Waals surface area contributed by atoms with E-state index >= 15 is 0 Å². The van der Waals surface area contributed by atoms with Crippen LogP contribution in [0, 0.1) is 0 Å². The van der Waals surface area contributed by atoms with E-state index in [9.17, 15) is 0 Å². The summed E-state index contributed by atoms with van der Waals surface area (Å²) in [5.74, 6) is 0. The van der Waals surface area contributed by atoms with E-state index in [0.717, 1.165) is 155 Å². The Kier molecular flexibility index (Phi) is 13.1. The van der Waals surface area contributed by atoms with Crippen LogP contribution in [-0.2, 0) is 5.41 Å². The molecule has 19 rings (SSSR count). The molecule has 0 N–H and O–H groups in total. The predicted octanol–water partition coefficient (Wildman–Crippen LogP) is 25.8. The number of furan rings is 2. The van der Waals surface area contributed by atoms with E-state index in [1.807, 2.05) is 0 Å². The molecule has 0 unspecified atom stereocenters. The van der Waals surface area contributed by atoms with E-state index in [1.165, 1.54) is 22.3 Å². The van der Waals surface area contributed by atoms with Crippen LogP contribution < -0.4 is 9.80 Å². The summed E-state index contributed by atoms with van der Waals surface area (Å²) in [6.45, 7) is 0. The van der Waals surface area contributed by atoms with Crippen molar-refractivity contribution in [1.82, 2.24) is 0 Å². The van der Waals surface area contributed by atoms with Crippen molar-refractivity contribution in [3.05, 3.63) is 386 Å². The zero-order valence-electron chi connectivity index (χ0n) is 52.9. The Bertz CT molecular complexity index is 5690. The highest BCUT2D eigenvalue weighted by Gasteiger charge is 2.49. The van der Waals surface area contributed by atoms with Crippen LogP contribution in [0.4, 0.5) is 34.1 Å². The summed E-state index contributed by atoms with van der Waals surface area (Å²) in [6.07, 6.45) is 0. The van der Waals surface area contributed by atoms with Gasteiger partial charge in [-0.25, -0.2) is 0 Å². The van der Waals surface area contributed by atoms with Crippen molar-refractivity contribution in [2.24, 2.45) is 0 Å². The summed E-state index contributed by atoms with van der Waals surface area (Å²) < 4.78 is 14.4. The quantitative estimate of drug-likeness (QED) is 0.122. The molecule has 0 atom stereocenters. The van der Waals surface area contributed by atoms with Crippen LogP contribution in [0.2, 0.25) is 0 Å². The van der Waals surface area contributed by atoms with Gasteiger partial charge in [-0.3, -0.25) is 0 Å². The molecule has 0 spiro atoms. The zero-order chi connectivity index (χ0) is 64.0. The zero-order valence-corrected chi connectivity index (χ0v) is 52.9. The van der Waals surface area contributed by atoms with Crippen molar-refractivity contribution in [1.29, 1.82) is 0 Å². The molecule has 0 aliphatic heterocycles. The Morgan fingerprint density at radius 2 is 0.526 bits per heavy atom. The summed E-state index contributed by atoms with van der Waals surface area (Å²) in [7, 11) is 0. The lowest BCUT2D eigenvalue weighted by Gasteiger charge is -2.36. The van der Waals surface area contributed by atoms with Crippen LogP contribution in [0.5, 0.6) is 0 Å². The third kappa shape index (κ3) is 8.84. The molecule has 16 aromatic carbocycles. The van der Waals surface area contributed by atoms with E-state index in [1.54, 1.807) is 0 Å². The van der Waals surface area contributed by atoms with Gasteiger partial charge in [0.15, 0.2) is 11.2 Å². The van der Waals surface area contributed by atoms with Crippen molar-refractivity contribution < 1.29 is 8.83 Å². The normalized spacial score (nSPS) is 12.4. The van der Waals surface area contributed by atoms with Gasteiger partial charge in [-0.15, -0.1) is 0 Å². The molecule has 1 aliphatic carbocycles. The third-order valence-electron chi connectivity index (χ3n) is 20.1. The Balaban J connectivity index is 0.961. The lowest BCUT2D eigenvalue weighted by atomic mass is 9.67. The van der Waals surface area contributed by atoms with Gasteiger partial charge in [-0.1, -0.05) is 303 Å². The van der Waals surface area contributed by atoms with Gasteiger partial charge in [0, 0.05) is 43.4 Å².